The number of fused-ring (bicyclic) bond motifs is 1. The van der Waals surface area contributed by atoms with E-state index in [4.69, 9.17) is 5.73 Å². The zero-order chi connectivity index (χ0) is 11.1. The van der Waals surface area contributed by atoms with Crippen molar-refractivity contribution < 1.29 is 0 Å². The molecule has 1 saturated carbocycles. The van der Waals surface area contributed by atoms with Crippen LogP contribution in [0.5, 0.6) is 0 Å². The lowest BCUT2D eigenvalue weighted by Gasteiger charge is -2.22. The first-order valence-corrected chi connectivity index (χ1v) is 6.06. The molecule has 2 rings (SSSR count). The van der Waals surface area contributed by atoms with E-state index < -0.39 is 0 Å². The van der Waals surface area contributed by atoms with Crippen LogP contribution in [0.3, 0.4) is 0 Å². The lowest BCUT2D eigenvalue weighted by Crippen LogP contribution is -2.38. The van der Waals surface area contributed by atoms with Gasteiger partial charge in [0.25, 0.3) is 0 Å². The first kappa shape index (κ1) is 10.8. The Morgan fingerprint density at radius 1 is 1.20 bits per heavy atom. The van der Waals surface area contributed by atoms with E-state index in [0.29, 0.717) is 0 Å². The maximum atomic E-state index is 6.04. The molecule has 1 saturated heterocycles. The smallest absolute Gasteiger partial charge is 0.191 e. The lowest BCUT2D eigenvalue weighted by atomic mass is 10.0. The van der Waals surface area contributed by atoms with E-state index in [1.165, 1.54) is 19.3 Å². The molecule has 15 heavy (non-hydrogen) atoms. The van der Waals surface area contributed by atoms with Crippen molar-refractivity contribution in [1.82, 2.24) is 4.90 Å². The number of hydrogen-bond acceptors (Lipinski definition) is 1. The van der Waals surface area contributed by atoms with E-state index in [0.717, 1.165) is 30.9 Å². The van der Waals surface area contributed by atoms with Crippen molar-refractivity contribution in [2.75, 3.05) is 13.1 Å². The van der Waals surface area contributed by atoms with E-state index in [1.54, 1.807) is 0 Å². The van der Waals surface area contributed by atoms with Gasteiger partial charge in [-0.05, 0) is 45.4 Å². The number of likely N-dealkylation sites (tertiary alicyclic amines) is 1. The second kappa shape index (κ2) is 3.69. The topological polar surface area (TPSA) is 41.6 Å². The van der Waals surface area contributed by atoms with Crippen LogP contribution in [-0.2, 0) is 0 Å². The van der Waals surface area contributed by atoms with Crippen LogP contribution in [0.4, 0.5) is 0 Å². The highest BCUT2D eigenvalue weighted by atomic mass is 15.3. The molecule has 2 fully saturated rings. The Morgan fingerprint density at radius 2 is 1.73 bits per heavy atom. The highest BCUT2D eigenvalue weighted by Crippen LogP contribution is 2.37. The van der Waals surface area contributed by atoms with Gasteiger partial charge in [-0.3, -0.25) is 0 Å². The zero-order valence-electron chi connectivity index (χ0n) is 10.2. The van der Waals surface area contributed by atoms with Gasteiger partial charge in [-0.2, -0.15) is 0 Å². The third-order valence-corrected chi connectivity index (χ3v) is 3.50. The molecule has 0 spiro atoms. The summed E-state index contributed by atoms with van der Waals surface area (Å²) in [6.07, 6.45) is 4.20. The minimum atomic E-state index is -0.0538. The average molecular weight is 209 g/mol. The molecule has 2 aliphatic rings. The van der Waals surface area contributed by atoms with Gasteiger partial charge >= 0.3 is 0 Å². The standard InChI is InChI=1S/C12H23N3/c1-12(2,3)14-11(13)15-7-9-5-4-6-10(9)8-15/h9-10H,4-8H2,1-3H3,(H2,13,14). The highest BCUT2D eigenvalue weighted by Gasteiger charge is 2.36. The van der Waals surface area contributed by atoms with E-state index >= 15 is 0 Å². The third-order valence-electron chi connectivity index (χ3n) is 3.50. The van der Waals surface area contributed by atoms with Crippen molar-refractivity contribution in [3.8, 4) is 0 Å². The van der Waals surface area contributed by atoms with Gasteiger partial charge in [-0.1, -0.05) is 6.42 Å². The van der Waals surface area contributed by atoms with E-state index in [1.807, 2.05) is 0 Å². The molecule has 3 heteroatoms. The van der Waals surface area contributed by atoms with Crippen LogP contribution >= 0.6 is 0 Å². The van der Waals surface area contributed by atoms with Gasteiger partial charge in [0.15, 0.2) is 5.96 Å². The Morgan fingerprint density at radius 3 is 2.20 bits per heavy atom. The van der Waals surface area contributed by atoms with Gasteiger partial charge in [0.05, 0.1) is 5.54 Å². The minimum absolute atomic E-state index is 0.0538. The van der Waals surface area contributed by atoms with Crippen LogP contribution in [0.2, 0.25) is 0 Å². The summed E-state index contributed by atoms with van der Waals surface area (Å²) in [6.45, 7) is 8.55. The van der Waals surface area contributed by atoms with Gasteiger partial charge in [0, 0.05) is 13.1 Å². The number of hydrogen-bond donors (Lipinski definition) is 1. The molecule has 0 aromatic rings. The fraction of sp³-hybridized carbons (Fsp3) is 0.917. The summed E-state index contributed by atoms with van der Waals surface area (Å²) in [4.78, 5) is 6.82. The molecule has 1 heterocycles. The van der Waals surface area contributed by atoms with Gasteiger partial charge in [0.1, 0.15) is 0 Å². The Kier molecular flexibility index (Phi) is 2.65. The van der Waals surface area contributed by atoms with Crippen molar-refractivity contribution in [3.63, 3.8) is 0 Å². The van der Waals surface area contributed by atoms with Gasteiger partial charge in [-0.25, -0.2) is 4.99 Å². The van der Waals surface area contributed by atoms with E-state index in [-0.39, 0.29) is 5.54 Å². The largest absolute Gasteiger partial charge is 0.370 e. The normalized spacial score (nSPS) is 32.2. The quantitative estimate of drug-likeness (QED) is 0.488. The number of nitrogens with two attached hydrogens (primary N) is 1. The molecular weight excluding hydrogens is 186 g/mol. The summed E-state index contributed by atoms with van der Waals surface area (Å²) in [5.41, 5.74) is 5.99. The van der Waals surface area contributed by atoms with Crippen LogP contribution < -0.4 is 5.73 Å². The Labute approximate surface area is 92.7 Å². The molecule has 0 aromatic carbocycles. The van der Waals surface area contributed by atoms with Crippen LogP contribution in [0, 0.1) is 11.8 Å². The minimum Gasteiger partial charge on any atom is -0.370 e. The number of aliphatic imine (C=N–C) groups is 1. The zero-order valence-corrected chi connectivity index (χ0v) is 10.2. The van der Waals surface area contributed by atoms with Crippen LogP contribution in [0.15, 0.2) is 4.99 Å². The van der Waals surface area contributed by atoms with Crippen molar-refractivity contribution in [2.24, 2.45) is 22.6 Å². The van der Waals surface area contributed by atoms with Crippen molar-refractivity contribution in [2.45, 2.75) is 45.6 Å². The van der Waals surface area contributed by atoms with Crippen LogP contribution in [0.25, 0.3) is 0 Å². The molecule has 0 bridgehead atoms. The van der Waals surface area contributed by atoms with Gasteiger partial charge in [0.2, 0.25) is 0 Å². The van der Waals surface area contributed by atoms with Crippen molar-refractivity contribution >= 4 is 5.96 Å². The van der Waals surface area contributed by atoms with Crippen LogP contribution in [-0.4, -0.2) is 29.5 Å². The molecule has 0 radical (unpaired) electrons. The first-order valence-electron chi connectivity index (χ1n) is 6.06. The molecule has 0 amide bonds. The summed E-state index contributed by atoms with van der Waals surface area (Å²) in [5.74, 6) is 2.52. The highest BCUT2D eigenvalue weighted by molar-refractivity contribution is 5.78. The Balaban J connectivity index is 1.99. The van der Waals surface area contributed by atoms with Gasteiger partial charge in [-0.15, -0.1) is 0 Å². The molecule has 1 aliphatic heterocycles. The molecule has 86 valence electrons. The molecular formula is C12H23N3. The van der Waals surface area contributed by atoms with Gasteiger partial charge < -0.3 is 10.6 Å². The summed E-state index contributed by atoms with van der Waals surface area (Å²) in [7, 11) is 0. The molecule has 2 unspecified atom stereocenters. The fourth-order valence-corrected chi connectivity index (χ4v) is 2.84. The number of guanidine groups is 1. The average Bonchev–Trinajstić information content (AvgIpc) is 2.56. The molecule has 2 atom stereocenters. The summed E-state index contributed by atoms with van der Waals surface area (Å²) in [6, 6.07) is 0. The predicted molar refractivity (Wildman–Crippen MR) is 63.8 cm³/mol. The third kappa shape index (κ3) is 2.44. The van der Waals surface area contributed by atoms with Crippen LogP contribution in [0.1, 0.15) is 40.0 Å². The van der Waals surface area contributed by atoms with E-state index in [9.17, 15) is 0 Å². The number of nitrogens with zero attached hydrogens (tertiary/aromatic N) is 2. The number of rotatable bonds is 0. The predicted octanol–water partition coefficient (Wildman–Crippen LogP) is 1.83. The molecule has 3 nitrogen and oxygen atoms in total. The Bertz CT molecular complexity index is 253. The molecule has 0 aromatic heterocycles. The monoisotopic (exact) mass is 209 g/mol. The Hall–Kier alpha value is -0.730. The summed E-state index contributed by atoms with van der Waals surface area (Å²) < 4.78 is 0. The van der Waals surface area contributed by atoms with Crippen molar-refractivity contribution in [1.29, 1.82) is 0 Å². The van der Waals surface area contributed by atoms with E-state index in [2.05, 4.69) is 30.7 Å². The van der Waals surface area contributed by atoms with Crippen molar-refractivity contribution in [3.05, 3.63) is 0 Å². The second-order valence-electron chi connectivity index (χ2n) is 6.00. The molecule has 1 aliphatic carbocycles. The molecule has 2 N–H and O–H groups in total. The lowest BCUT2D eigenvalue weighted by molar-refractivity contribution is 0.446. The SMILES string of the molecule is CC(C)(C)N=C(N)N1CC2CCCC2C1. The maximum Gasteiger partial charge on any atom is 0.191 e. The first-order chi connectivity index (χ1) is 6.96. The second-order valence-corrected chi connectivity index (χ2v) is 6.00. The summed E-state index contributed by atoms with van der Waals surface area (Å²) in [5, 5.41) is 0. The maximum absolute atomic E-state index is 6.04. The fourth-order valence-electron chi connectivity index (χ4n) is 2.84. The summed E-state index contributed by atoms with van der Waals surface area (Å²) >= 11 is 0.